The second-order valence-corrected chi connectivity index (χ2v) is 5.59. The molecule has 0 aliphatic rings. The molecule has 9 heteroatoms. The Morgan fingerprint density at radius 1 is 1.30 bits per heavy atom. The second kappa shape index (κ2) is 8.89. The number of unbranched alkanes of at least 4 members (excludes halogenated alkanes) is 1. The SMILES string of the molecule is CCCCNC(=O)NC(=O)CSc1n[nH]c(-c2ccncc2)n1. The highest BCUT2D eigenvalue weighted by Gasteiger charge is 2.11. The number of carbonyl (C=O) groups excluding carboxylic acids is 2. The van der Waals surface area contributed by atoms with Crippen molar-refractivity contribution in [3.63, 3.8) is 0 Å². The molecule has 3 amide bonds. The van der Waals surface area contributed by atoms with Crippen LogP contribution in [0.5, 0.6) is 0 Å². The molecule has 0 saturated carbocycles. The molecular formula is C14H18N6O2S. The minimum Gasteiger partial charge on any atom is -0.338 e. The van der Waals surface area contributed by atoms with Gasteiger partial charge in [0.25, 0.3) is 0 Å². The number of imide groups is 1. The summed E-state index contributed by atoms with van der Waals surface area (Å²) in [6, 6.07) is 3.14. The monoisotopic (exact) mass is 334 g/mol. The van der Waals surface area contributed by atoms with Gasteiger partial charge in [-0.25, -0.2) is 9.78 Å². The molecule has 2 aromatic heterocycles. The van der Waals surface area contributed by atoms with Crippen LogP contribution in [0.3, 0.4) is 0 Å². The summed E-state index contributed by atoms with van der Waals surface area (Å²) in [7, 11) is 0. The topological polar surface area (TPSA) is 113 Å². The third kappa shape index (κ3) is 5.70. The molecule has 0 radical (unpaired) electrons. The summed E-state index contributed by atoms with van der Waals surface area (Å²) in [6.07, 6.45) is 5.19. The maximum Gasteiger partial charge on any atom is 0.321 e. The lowest BCUT2D eigenvalue weighted by atomic mass is 10.3. The Bertz CT molecular complexity index is 646. The van der Waals surface area contributed by atoms with E-state index in [0.29, 0.717) is 17.5 Å². The zero-order chi connectivity index (χ0) is 16.5. The normalized spacial score (nSPS) is 10.3. The number of nitrogens with zero attached hydrogens (tertiary/aromatic N) is 3. The molecule has 8 nitrogen and oxygen atoms in total. The van der Waals surface area contributed by atoms with Gasteiger partial charge in [0, 0.05) is 24.5 Å². The van der Waals surface area contributed by atoms with Crippen molar-refractivity contribution >= 4 is 23.7 Å². The maximum absolute atomic E-state index is 11.7. The van der Waals surface area contributed by atoms with E-state index in [-0.39, 0.29) is 11.7 Å². The number of nitrogens with one attached hydrogen (secondary N) is 3. The van der Waals surface area contributed by atoms with Gasteiger partial charge in [0.05, 0.1) is 5.75 Å². The summed E-state index contributed by atoms with van der Waals surface area (Å²) in [5.74, 6) is 0.279. The summed E-state index contributed by atoms with van der Waals surface area (Å²) in [4.78, 5) is 31.3. The van der Waals surface area contributed by atoms with Crippen molar-refractivity contribution in [3.05, 3.63) is 24.5 Å². The van der Waals surface area contributed by atoms with Crippen LogP contribution in [0, 0.1) is 0 Å². The van der Waals surface area contributed by atoms with Gasteiger partial charge in [-0.2, -0.15) is 0 Å². The summed E-state index contributed by atoms with van der Waals surface area (Å²) in [5.41, 5.74) is 0.860. The smallest absolute Gasteiger partial charge is 0.321 e. The lowest BCUT2D eigenvalue weighted by Crippen LogP contribution is -2.40. The van der Waals surface area contributed by atoms with E-state index >= 15 is 0 Å². The number of thioether (sulfide) groups is 1. The fraction of sp³-hybridized carbons (Fsp3) is 0.357. The first-order valence-electron chi connectivity index (χ1n) is 7.22. The van der Waals surface area contributed by atoms with Crippen LogP contribution in [0.2, 0.25) is 0 Å². The average molecular weight is 334 g/mol. The molecule has 0 atom stereocenters. The van der Waals surface area contributed by atoms with Crippen molar-refractivity contribution in [1.82, 2.24) is 30.8 Å². The van der Waals surface area contributed by atoms with Crippen molar-refractivity contribution in [3.8, 4) is 11.4 Å². The predicted molar refractivity (Wildman–Crippen MR) is 86.8 cm³/mol. The molecule has 0 unspecified atom stereocenters. The van der Waals surface area contributed by atoms with Crippen molar-refractivity contribution in [2.24, 2.45) is 0 Å². The first-order chi connectivity index (χ1) is 11.2. The van der Waals surface area contributed by atoms with E-state index in [0.717, 1.165) is 30.2 Å². The molecule has 2 heterocycles. The van der Waals surface area contributed by atoms with E-state index in [1.54, 1.807) is 12.4 Å². The van der Waals surface area contributed by atoms with Crippen LogP contribution in [0.15, 0.2) is 29.7 Å². The van der Waals surface area contributed by atoms with Gasteiger partial charge >= 0.3 is 6.03 Å². The Morgan fingerprint density at radius 2 is 2.09 bits per heavy atom. The number of hydrogen-bond acceptors (Lipinski definition) is 6. The van der Waals surface area contributed by atoms with E-state index in [1.165, 1.54) is 0 Å². The number of aromatic amines is 1. The van der Waals surface area contributed by atoms with Gasteiger partial charge < -0.3 is 5.32 Å². The van der Waals surface area contributed by atoms with Gasteiger partial charge in [-0.15, -0.1) is 5.10 Å². The molecular weight excluding hydrogens is 316 g/mol. The number of amides is 3. The van der Waals surface area contributed by atoms with E-state index < -0.39 is 6.03 Å². The van der Waals surface area contributed by atoms with Gasteiger partial charge in [-0.3, -0.25) is 20.2 Å². The minimum absolute atomic E-state index is 0.0643. The maximum atomic E-state index is 11.7. The lowest BCUT2D eigenvalue weighted by molar-refractivity contribution is -0.117. The Balaban J connectivity index is 1.77. The molecule has 0 bridgehead atoms. The number of urea groups is 1. The minimum atomic E-state index is -0.475. The Kier molecular flexibility index (Phi) is 6.55. The predicted octanol–water partition coefficient (Wildman–Crippen LogP) is 1.58. The molecule has 0 aliphatic carbocycles. The van der Waals surface area contributed by atoms with E-state index in [9.17, 15) is 9.59 Å². The number of hydrogen-bond donors (Lipinski definition) is 3. The second-order valence-electron chi connectivity index (χ2n) is 4.65. The zero-order valence-electron chi connectivity index (χ0n) is 12.7. The molecule has 2 aromatic rings. The summed E-state index contributed by atoms with van der Waals surface area (Å²) >= 11 is 1.15. The number of H-pyrrole nitrogens is 1. The largest absolute Gasteiger partial charge is 0.338 e. The Labute approximate surface area is 137 Å². The van der Waals surface area contributed by atoms with Gasteiger partial charge in [-0.05, 0) is 18.6 Å². The first-order valence-corrected chi connectivity index (χ1v) is 8.21. The van der Waals surface area contributed by atoms with Gasteiger partial charge in [0.1, 0.15) is 0 Å². The first kappa shape index (κ1) is 16.9. The van der Waals surface area contributed by atoms with E-state index in [4.69, 9.17) is 0 Å². The van der Waals surface area contributed by atoms with Crippen molar-refractivity contribution in [1.29, 1.82) is 0 Å². The van der Waals surface area contributed by atoms with Gasteiger partial charge in [-0.1, -0.05) is 25.1 Å². The summed E-state index contributed by atoms with van der Waals surface area (Å²) < 4.78 is 0. The molecule has 0 fully saturated rings. The molecule has 122 valence electrons. The van der Waals surface area contributed by atoms with E-state index in [1.807, 2.05) is 19.1 Å². The Morgan fingerprint density at radius 3 is 2.83 bits per heavy atom. The number of pyridine rings is 1. The molecule has 0 aromatic carbocycles. The standard InChI is InChI=1S/C14H18N6O2S/c1-2-3-6-16-13(22)17-11(21)9-23-14-18-12(19-20-14)10-4-7-15-8-5-10/h4-5,7-8H,2-3,6,9H2,1H3,(H,18,19,20)(H2,16,17,21,22). The molecule has 0 aliphatic heterocycles. The van der Waals surface area contributed by atoms with Crippen LogP contribution in [0.4, 0.5) is 4.79 Å². The lowest BCUT2D eigenvalue weighted by Gasteiger charge is -2.04. The quantitative estimate of drug-likeness (QED) is 0.523. The highest BCUT2D eigenvalue weighted by Crippen LogP contribution is 2.17. The van der Waals surface area contributed by atoms with Crippen LogP contribution in [0.25, 0.3) is 11.4 Å². The highest BCUT2D eigenvalue weighted by molar-refractivity contribution is 7.99. The van der Waals surface area contributed by atoms with Crippen molar-refractivity contribution in [2.75, 3.05) is 12.3 Å². The van der Waals surface area contributed by atoms with Crippen LogP contribution in [-0.2, 0) is 4.79 Å². The molecule has 3 N–H and O–H groups in total. The van der Waals surface area contributed by atoms with Crippen LogP contribution in [0.1, 0.15) is 19.8 Å². The van der Waals surface area contributed by atoms with Gasteiger partial charge in [0.15, 0.2) is 5.82 Å². The fourth-order valence-electron chi connectivity index (χ4n) is 1.67. The fourth-order valence-corrected chi connectivity index (χ4v) is 2.26. The molecule has 0 saturated heterocycles. The molecule has 2 rings (SSSR count). The average Bonchev–Trinajstić information content (AvgIpc) is 3.03. The number of rotatable bonds is 7. The number of carbonyl (C=O) groups is 2. The van der Waals surface area contributed by atoms with E-state index in [2.05, 4.69) is 30.8 Å². The van der Waals surface area contributed by atoms with Crippen molar-refractivity contribution in [2.45, 2.75) is 24.9 Å². The van der Waals surface area contributed by atoms with Gasteiger partial charge in [0.2, 0.25) is 11.1 Å². The highest BCUT2D eigenvalue weighted by atomic mass is 32.2. The third-order valence-electron chi connectivity index (χ3n) is 2.82. The van der Waals surface area contributed by atoms with Crippen LogP contribution in [-0.4, -0.2) is 44.4 Å². The molecule has 0 spiro atoms. The zero-order valence-corrected chi connectivity index (χ0v) is 13.5. The Hall–Kier alpha value is -2.42. The van der Waals surface area contributed by atoms with Crippen LogP contribution < -0.4 is 10.6 Å². The summed E-state index contributed by atoms with van der Waals surface area (Å²) in [5, 5.41) is 12.2. The van der Waals surface area contributed by atoms with Crippen molar-refractivity contribution < 1.29 is 9.59 Å². The summed E-state index contributed by atoms with van der Waals surface area (Å²) in [6.45, 7) is 2.58. The molecule has 23 heavy (non-hydrogen) atoms. The third-order valence-corrected chi connectivity index (χ3v) is 3.67. The number of aromatic nitrogens is 4. The van der Waals surface area contributed by atoms with Crippen LogP contribution >= 0.6 is 11.8 Å².